The van der Waals surface area contributed by atoms with Crippen molar-refractivity contribution < 1.29 is 9.59 Å². The number of nitrogens with zero attached hydrogens (tertiary/aromatic N) is 2. The SMILES string of the molecule is Cc1cc(C)c([C@@H]2NC(=O)N(C)C3=C2C(=O)N(CC(C)C)C3)cc1C. The van der Waals surface area contributed by atoms with Crippen molar-refractivity contribution in [2.45, 2.75) is 40.7 Å². The second-order valence-electron chi connectivity index (χ2n) is 7.67. The Kier molecular flexibility index (Phi) is 4.35. The van der Waals surface area contributed by atoms with Crippen molar-refractivity contribution >= 4 is 11.9 Å². The normalized spacial score (nSPS) is 20.5. The van der Waals surface area contributed by atoms with E-state index in [9.17, 15) is 9.59 Å². The van der Waals surface area contributed by atoms with E-state index in [2.05, 4.69) is 45.1 Å². The Morgan fingerprint density at radius 1 is 1.12 bits per heavy atom. The molecule has 2 aliphatic heterocycles. The first-order valence-corrected chi connectivity index (χ1v) is 8.85. The highest BCUT2D eigenvalue weighted by atomic mass is 16.2. The smallest absolute Gasteiger partial charge is 0.322 e. The third kappa shape index (κ3) is 2.92. The first-order valence-electron chi connectivity index (χ1n) is 8.85. The fourth-order valence-electron chi connectivity index (χ4n) is 3.74. The molecule has 0 aromatic heterocycles. The third-order valence-corrected chi connectivity index (χ3v) is 5.21. The Bertz CT molecular complexity index is 779. The molecule has 1 aromatic carbocycles. The molecule has 2 aliphatic rings. The van der Waals surface area contributed by atoms with Crippen LogP contribution in [0.5, 0.6) is 0 Å². The predicted molar refractivity (Wildman–Crippen MR) is 98.1 cm³/mol. The highest BCUT2D eigenvalue weighted by Gasteiger charge is 2.43. The van der Waals surface area contributed by atoms with Gasteiger partial charge in [-0.15, -0.1) is 0 Å². The Labute approximate surface area is 149 Å². The summed E-state index contributed by atoms with van der Waals surface area (Å²) in [6, 6.07) is 3.70. The predicted octanol–water partition coefficient (Wildman–Crippen LogP) is 3.06. The number of carbonyl (C=O) groups is 2. The molecule has 0 saturated carbocycles. The minimum Gasteiger partial charge on any atom is -0.333 e. The molecule has 1 N–H and O–H groups in total. The van der Waals surface area contributed by atoms with Gasteiger partial charge in [0.15, 0.2) is 0 Å². The molecule has 3 amide bonds. The van der Waals surface area contributed by atoms with Gasteiger partial charge in [-0.05, 0) is 48.9 Å². The molecule has 1 aromatic rings. The number of nitrogens with one attached hydrogen (secondary N) is 1. The first-order chi connectivity index (χ1) is 11.7. The van der Waals surface area contributed by atoms with E-state index in [0.29, 0.717) is 24.6 Å². The van der Waals surface area contributed by atoms with Gasteiger partial charge >= 0.3 is 6.03 Å². The Morgan fingerprint density at radius 2 is 1.76 bits per heavy atom. The van der Waals surface area contributed by atoms with Gasteiger partial charge in [0.25, 0.3) is 5.91 Å². The lowest BCUT2D eigenvalue weighted by Gasteiger charge is -2.32. The van der Waals surface area contributed by atoms with E-state index in [0.717, 1.165) is 16.8 Å². The molecule has 25 heavy (non-hydrogen) atoms. The van der Waals surface area contributed by atoms with E-state index in [1.165, 1.54) is 11.1 Å². The van der Waals surface area contributed by atoms with E-state index in [1.54, 1.807) is 11.9 Å². The summed E-state index contributed by atoms with van der Waals surface area (Å²) in [5.74, 6) is 0.430. The number of rotatable bonds is 3. The van der Waals surface area contributed by atoms with Crippen molar-refractivity contribution in [1.82, 2.24) is 15.1 Å². The van der Waals surface area contributed by atoms with Crippen LogP contribution in [0.3, 0.4) is 0 Å². The largest absolute Gasteiger partial charge is 0.333 e. The monoisotopic (exact) mass is 341 g/mol. The summed E-state index contributed by atoms with van der Waals surface area (Å²) < 4.78 is 0. The van der Waals surface area contributed by atoms with Crippen molar-refractivity contribution in [3.63, 3.8) is 0 Å². The van der Waals surface area contributed by atoms with Crippen LogP contribution in [0.4, 0.5) is 4.79 Å². The van der Waals surface area contributed by atoms with Crippen LogP contribution in [0.1, 0.15) is 42.1 Å². The second kappa shape index (κ2) is 6.21. The van der Waals surface area contributed by atoms with Crippen LogP contribution < -0.4 is 5.32 Å². The van der Waals surface area contributed by atoms with Crippen molar-refractivity contribution in [1.29, 1.82) is 0 Å². The molecular formula is C20H27N3O2. The molecule has 134 valence electrons. The van der Waals surface area contributed by atoms with Gasteiger partial charge < -0.3 is 10.2 Å². The fraction of sp³-hybridized carbons (Fsp3) is 0.500. The Hall–Kier alpha value is -2.30. The molecule has 0 saturated heterocycles. The summed E-state index contributed by atoms with van der Waals surface area (Å²) in [5.41, 5.74) is 6.04. The number of aryl methyl sites for hydroxylation is 3. The zero-order chi connectivity index (χ0) is 18.5. The number of benzene rings is 1. The topological polar surface area (TPSA) is 52.7 Å². The van der Waals surface area contributed by atoms with Gasteiger partial charge in [-0.3, -0.25) is 9.69 Å². The van der Waals surface area contributed by atoms with Gasteiger partial charge in [0.2, 0.25) is 0 Å². The quantitative estimate of drug-likeness (QED) is 0.919. The van der Waals surface area contributed by atoms with Crippen LogP contribution in [0, 0.1) is 26.7 Å². The molecule has 0 fully saturated rings. The third-order valence-electron chi connectivity index (χ3n) is 5.21. The molecule has 5 nitrogen and oxygen atoms in total. The maximum atomic E-state index is 13.1. The summed E-state index contributed by atoms with van der Waals surface area (Å²) in [6.07, 6.45) is 0. The fourth-order valence-corrected chi connectivity index (χ4v) is 3.74. The number of urea groups is 1. The van der Waals surface area contributed by atoms with Gasteiger partial charge in [0.1, 0.15) is 0 Å². The van der Waals surface area contributed by atoms with E-state index in [-0.39, 0.29) is 18.0 Å². The summed E-state index contributed by atoms with van der Waals surface area (Å²) in [5, 5.41) is 3.03. The van der Waals surface area contributed by atoms with E-state index in [1.807, 2.05) is 11.8 Å². The highest BCUT2D eigenvalue weighted by Crippen LogP contribution is 2.37. The molecule has 2 heterocycles. The van der Waals surface area contributed by atoms with Crippen LogP contribution in [0.15, 0.2) is 23.4 Å². The second-order valence-corrected chi connectivity index (χ2v) is 7.67. The number of hydrogen-bond donors (Lipinski definition) is 1. The van der Waals surface area contributed by atoms with Crippen LogP contribution in [0.25, 0.3) is 0 Å². The summed E-state index contributed by atoms with van der Waals surface area (Å²) in [6.45, 7) is 11.6. The Balaban J connectivity index is 2.07. The van der Waals surface area contributed by atoms with Crippen molar-refractivity contribution in [3.8, 4) is 0 Å². The number of carbonyl (C=O) groups excluding carboxylic acids is 2. The molecule has 5 heteroatoms. The number of hydrogen-bond acceptors (Lipinski definition) is 2. The Morgan fingerprint density at radius 3 is 2.40 bits per heavy atom. The molecule has 0 aliphatic carbocycles. The molecule has 0 bridgehead atoms. The van der Waals surface area contributed by atoms with Crippen LogP contribution in [-0.4, -0.2) is 41.9 Å². The van der Waals surface area contributed by atoms with Gasteiger partial charge in [-0.2, -0.15) is 0 Å². The number of amides is 3. The molecule has 0 unspecified atom stereocenters. The summed E-state index contributed by atoms with van der Waals surface area (Å²) >= 11 is 0. The lowest BCUT2D eigenvalue weighted by molar-refractivity contribution is -0.126. The average Bonchev–Trinajstić information content (AvgIpc) is 2.84. The van der Waals surface area contributed by atoms with Crippen LogP contribution in [-0.2, 0) is 4.79 Å². The van der Waals surface area contributed by atoms with Crippen LogP contribution >= 0.6 is 0 Å². The summed E-state index contributed by atoms with van der Waals surface area (Å²) in [7, 11) is 1.74. The molecule has 0 radical (unpaired) electrons. The van der Waals surface area contributed by atoms with E-state index in [4.69, 9.17) is 0 Å². The molecule has 3 rings (SSSR count). The van der Waals surface area contributed by atoms with Crippen molar-refractivity contribution in [2.24, 2.45) is 5.92 Å². The van der Waals surface area contributed by atoms with Gasteiger partial charge in [-0.25, -0.2) is 4.79 Å². The molecule has 0 spiro atoms. The maximum absolute atomic E-state index is 13.1. The lowest BCUT2D eigenvalue weighted by Crippen LogP contribution is -2.45. The van der Waals surface area contributed by atoms with Crippen LogP contribution in [0.2, 0.25) is 0 Å². The number of likely N-dealkylation sites (N-methyl/N-ethyl adjacent to an activating group) is 1. The summed E-state index contributed by atoms with van der Waals surface area (Å²) in [4.78, 5) is 29.0. The van der Waals surface area contributed by atoms with Crippen molar-refractivity contribution in [2.75, 3.05) is 20.1 Å². The lowest BCUT2D eigenvalue weighted by atomic mass is 9.90. The highest BCUT2D eigenvalue weighted by molar-refractivity contribution is 6.01. The van der Waals surface area contributed by atoms with E-state index >= 15 is 0 Å². The average molecular weight is 341 g/mol. The zero-order valence-corrected chi connectivity index (χ0v) is 15.9. The molecule has 1 atom stereocenters. The van der Waals surface area contributed by atoms with Gasteiger partial charge in [-0.1, -0.05) is 26.0 Å². The van der Waals surface area contributed by atoms with Gasteiger partial charge in [0.05, 0.1) is 23.9 Å². The first kappa shape index (κ1) is 17.5. The standard InChI is InChI=1S/C20H27N3O2/c1-11(2)9-23-10-16-17(19(23)24)18(21-20(25)22(16)6)15-8-13(4)12(3)7-14(15)5/h7-8,11,18H,9-10H2,1-6H3,(H,21,25)/t18-/m0/s1. The zero-order valence-electron chi connectivity index (χ0n) is 15.9. The minimum absolute atomic E-state index is 0.0400. The minimum atomic E-state index is -0.373. The van der Waals surface area contributed by atoms with Gasteiger partial charge in [0, 0.05) is 13.6 Å². The molecular weight excluding hydrogens is 314 g/mol. The maximum Gasteiger partial charge on any atom is 0.322 e. The van der Waals surface area contributed by atoms with Crippen molar-refractivity contribution in [3.05, 3.63) is 45.7 Å². The van der Waals surface area contributed by atoms with E-state index < -0.39 is 0 Å².